The number of fused-ring (bicyclic) bond motifs is 1. The summed E-state index contributed by atoms with van der Waals surface area (Å²) in [5.74, 6) is -3.97. The number of rotatable bonds is 7. The summed E-state index contributed by atoms with van der Waals surface area (Å²) in [5, 5.41) is 23.2. The molecule has 0 aliphatic carbocycles. The molecule has 0 unspecified atom stereocenters. The van der Waals surface area contributed by atoms with Crippen LogP contribution in [0, 0.1) is 20.2 Å². The van der Waals surface area contributed by atoms with E-state index in [9.17, 15) is 39.4 Å². The van der Waals surface area contributed by atoms with Crippen LogP contribution in [0.15, 0.2) is 66.7 Å². The van der Waals surface area contributed by atoms with Crippen LogP contribution < -0.4 is 0 Å². The summed E-state index contributed by atoms with van der Waals surface area (Å²) in [6.45, 7) is -0.846. The predicted molar refractivity (Wildman–Crippen MR) is 124 cm³/mol. The number of benzene rings is 3. The average Bonchev–Trinajstić information content (AvgIpc) is 3.12. The normalized spacial score (nSPS) is 12.3. The van der Waals surface area contributed by atoms with Crippen molar-refractivity contribution in [2.75, 3.05) is 6.54 Å². The maximum Gasteiger partial charge on any atom is 0.287 e. The number of nitro benzene ring substituents is 2. The van der Waals surface area contributed by atoms with Gasteiger partial charge in [-0.1, -0.05) is 29.8 Å². The largest absolute Gasteiger partial charge is 0.292 e. The summed E-state index contributed by atoms with van der Waals surface area (Å²) in [6.07, 6.45) is 0. The summed E-state index contributed by atoms with van der Waals surface area (Å²) in [6, 6.07) is 13.6. The highest BCUT2D eigenvalue weighted by Crippen LogP contribution is 2.32. The summed E-state index contributed by atoms with van der Waals surface area (Å²) < 4.78 is 0. The van der Waals surface area contributed by atoms with Gasteiger partial charge in [0.05, 0.1) is 26.0 Å². The second kappa shape index (κ2) is 9.35. The number of hydrogen-bond acceptors (Lipinski definition) is 8. The van der Waals surface area contributed by atoms with Gasteiger partial charge in [0.1, 0.15) is 12.1 Å². The van der Waals surface area contributed by atoms with Gasteiger partial charge in [-0.2, -0.15) is 5.01 Å². The van der Waals surface area contributed by atoms with Crippen LogP contribution in [0.25, 0.3) is 0 Å². The fraction of sp³-hybridized carbons (Fsp3) is 0.0435. The number of halogens is 1. The molecule has 0 fully saturated rings. The van der Waals surface area contributed by atoms with E-state index in [0.29, 0.717) is 10.0 Å². The van der Waals surface area contributed by atoms with Crippen LogP contribution in [0.3, 0.4) is 0 Å². The number of carbonyl (C=O) groups is 4. The zero-order valence-electron chi connectivity index (χ0n) is 18.0. The number of hydrogen-bond donors (Lipinski definition) is 0. The topological polar surface area (TPSA) is 161 Å². The van der Waals surface area contributed by atoms with Crippen molar-refractivity contribution in [3.63, 3.8) is 0 Å². The summed E-state index contributed by atoms with van der Waals surface area (Å²) in [7, 11) is 0. The lowest BCUT2D eigenvalue weighted by molar-refractivity contribution is -0.385. The van der Waals surface area contributed by atoms with Crippen molar-refractivity contribution in [2.45, 2.75) is 0 Å². The number of nitrogens with zero attached hydrogens (tertiary/aromatic N) is 4. The Bertz CT molecular complexity index is 1470. The highest BCUT2D eigenvalue weighted by molar-refractivity contribution is 6.34. The Hall–Kier alpha value is -4.97. The minimum atomic E-state index is -1.17. The third-order valence-corrected chi connectivity index (χ3v) is 5.67. The number of hydrazine groups is 1. The van der Waals surface area contributed by atoms with Gasteiger partial charge in [0.15, 0.2) is 5.78 Å². The molecule has 1 aliphatic rings. The smallest absolute Gasteiger partial charge is 0.287 e. The van der Waals surface area contributed by atoms with Gasteiger partial charge in [-0.15, -0.1) is 0 Å². The highest BCUT2D eigenvalue weighted by Gasteiger charge is 2.46. The molecule has 3 amide bonds. The Morgan fingerprint density at radius 1 is 0.861 bits per heavy atom. The Morgan fingerprint density at radius 3 is 2.14 bits per heavy atom. The monoisotopic (exact) mass is 508 g/mol. The van der Waals surface area contributed by atoms with E-state index in [-0.39, 0.29) is 27.4 Å². The lowest BCUT2D eigenvalue weighted by atomic mass is 10.1. The molecule has 13 heteroatoms. The molecule has 0 bridgehead atoms. The molecule has 180 valence electrons. The Kier molecular flexibility index (Phi) is 6.27. The second-order valence-electron chi connectivity index (χ2n) is 7.45. The van der Waals surface area contributed by atoms with E-state index in [4.69, 9.17) is 11.6 Å². The van der Waals surface area contributed by atoms with Crippen molar-refractivity contribution in [3.05, 3.63) is 114 Å². The Labute approximate surface area is 206 Å². The van der Waals surface area contributed by atoms with E-state index in [2.05, 4.69) is 0 Å². The number of nitro groups is 2. The SMILES string of the molecule is O=C(CN(C(=O)c1ccccc1Cl)N1C(=O)c2cccc([N+](=O)[O-])c2C1=O)c1ccc([N+](=O)[O-])cc1. The number of carbonyl (C=O) groups excluding carboxylic acids is 4. The molecule has 12 nitrogen and oxygen atoms in total. The van der Waals surface area contributed by atoms with Crippen molar-refractivity contribution in [3.8, 4) is 0 Å². The molecule has 4 rings (SSSR count). The molecule has 0 radical (unpaired) electrons. The van der Waals surface area contributed by atoms with E-state index in [1.54, 1.807) is 0 Å². The van der Waals surface area contributed by atoms with Gasteiger partial charge >= 0.3 is 0 Å². The number of imide groups is 1. The van der Waals surface area contributed by atoms with Gasteiger partial charge in [-0.3, -0.25) is 39.4 Å². The standard InChI is InChI=1S/C23H13ClN4O8/c24-17-6-2-1-4-15(17)21(30)25(12-19(29)13-8-10-14(11-9-13)27(33)34)26-22(31)16-5-3-7-18(28(35)36)20(16)23(26)32/h1-11H,12H2. The van der Waals surface area contributed by atoms with Gasteiger partial charge in [0, 0.05) is 23.8 Å². The lowest BCUT2D eigenvalue weighted by Gasteiger charge is -2.29. The highest BCUT2D eigenvalue weighted by atomic mass is 35.5. The first kappa shape index (κ1) is 24.2. The molecular weight excluding hydrogens is 496 g/mol. The van der Waals surface area contributed by atoms with Crippen LogP contribution in [-0.4, -0.2) is 49.9 Å². The Balaban J connectivity index is 1.77. The molecule has 0 N–H and O–H groups in total. The molecule has 36 heavy (non-hydrogen) atoms. The second-order valence-corrected chi connectivity index (χ2v) is 7.86. The van der Waals surface area contributed by atoms with Crippen molar-refractivity contribution in [2.24, 2.45) is 0 Å². The van der Waals surface area contributed by atoms with Gasteiger partial charge in [-0.05, 0) is 30.3 Å². The molecule has 3 aromatic rings. The fourth-order valence-corrected chi connectivity index (χ4v) is 3.85. The van der Waals surface area contributed by atoms with E-state index in [1.807, 2.05) is 0 Å². The molecule has 0 saturated heterocycles. The minimum Gasteiger partial charge on any atom is -0.292 e. The van der Waals surface area contributed by atoms with E-state index >= 15 is 0 Å². The predicted octanol–water partition coefficient (Wildman–Crippen LogP) is 3.69. The number of Topliss-reactive ketones (excluding diaryl/α,β-unsaturated/α-hetero) is 1. The first-order valence-corrected chi connectivity index (χ1v) is 10.5. The zero-order chi connectivity index (χ0) is 26.1. The van der Waals surface area contributed by atoms with Crippen LogP contribution in [0.2, 0.25) is 5.02 Å². The van der Waals surface area contributed by atoms with Crippen LogP contribution in [0.4, 0.5) is 11.4 Å². The van der Waals surface area contributed by atoms with Crippen molar-refractivity contribution in [1.29, 1.82) is 0 Å². The maximum atomic E-state index is 13.4. The van der Waals surface area contributed by atoms with Gasteiger partial charge < -0.3 is 0 Å². The number of non-ortho nitro benzene ring substituents is 1. The molecule has 1 aliphatic heterocycles. The van der Waals surface area contributed by atoms with E-state index < -0.39 is 51.1 Å². The molecule has 3 aromatic carbocycles. The summed E-state index contributed by atoms with van der Waals surface area (Å²) >= 11 is 6.13. The maximum absolute atomic E-state index is 13.4. The van der Waals surface area contributed by atoms with Crippen LogP contribution in [-0.2, 0) is 0 Å². The first-order valence-electron chi connectivity index (χ1n) is 10.1. The lowest BCUT2D eigenvalue weighted by Crippen LogP contribution is -2.51. The summed E-state index contributed by atoms with van der Waals surface area (Å²) in [4.78, 5) is 73.7. The van der Waals surface area contributed by atoms with E-state index in [1.165, 1.54) is 36.4 Å². The minimum absolute atomic E-state index is 0.0297. The number of ketones is 1. The molecule has 0 atom stereocenters. The first-order chi connectivity index (χ1) is 17.1. The molecule has 0 saturated carbocycles. The molecule has 0 aromatic heterocycles. The quantitative estimate of drug-likeness (QED) is 0.202. The fourth-order valence-electron chi connectivity index (χ4n) is 3.63. The van der Waals surface area contributed by atoms with Crippen LogP contribution in [0.5, 0.6) is 0 Å². The average molecular weight is 509 g/mol. The zero-order valence-corrected chi connectivity index (χ0v) is 18.7. The van der Waals surface area contributed by atoms with Gasteiger partial charge in [0.25, 0.3) is 29.1 Å². The summed E-state index contributed by atoms with van der Waals surface area (Å²) in [5.41, 5.74) is -1.92. The van der Waals surface area contributed by atoms with Crippen molar-refractivity contribution in [1.82, 2.24) is 10.0 Å². The van der Waals surface area contributed by atoms with Crippen molar-refractivity contribution >= 4 is 46.5 Å². The molecule has 0 spiro atoms. The van der Waals surface area contributed by atoms with Crippen LogP contribution >= 0.6 is 11.6 Å². The number of amides is 3. The third kappa shape index (κ3) is 4.16. The third-order valence-electron chi connectivity index (χ3n) is 5.34. The van der Waals surface area contributed by atoms with Crippen molar-refractivity contribution < 1.29 is 29.0 Å². The van der Waals surface area contributed by atoms with E-state index in [0.717, 1.165) is 30.3 Å². The molecular formula is C23H13ClN4O8. The Morgan fingerprint density at radius 2 is 1.53 bits per heavy atom. The van der Waals surface area contributed by atoms with Gasteiger partial charge in [0.2, 0.25) is 0 Å². The molecule has 1 heterocycles. The van der Waals surface area contributed by atoms with Crippen LogP contribution in [0.1, 0.15) is 41.4 Å². The van der Waals surface area contributed by atoms with Gasteiger partial charge in [-0.25, -0.2) is 5.01 Å².